The zero-order valence-corrected chi connectivity index (χ0v) is 23.8. The SMILES string of the molecule is C=CCN(C(=O)[C@@H]1[C@@H]2CC(C)C3(S2)C(C(=O)N(CC=C)C(C)(C)C)N(CCCO)C(=O)[C@H]13)c1ccccc1. The number of rotatable bonds is 10. The number of carbonyl (C=O) groups excluding carboxylic acids is 3. The number of thioether (sulfide) groups is 1. The summed E-state index contributed by atoms with van der Waals surface area (Å²) >= 11 is 1.68. The summed E-state index contributed by atoms with van der Waals surface area (Å²) in [5.74, 6) is -1.38. The van der Waals surface area contributed by atoms with Crippen molar-refractivity contribution in [1.29, 1.82) is 0 Å². The van der Waals surface area contributed by atoms with E-state index in [0.29, 0.717) is 19.5 Å². The molecule has 0 aliphatic carbocycles. The van der Waals surface area contributed by atoms with Gasteiger partial charge in [-0.2, -0.15) is 0 Å². The lowest BCUT2D eigenvalue weighted by atomic mass is 9.65. The first kappa shape index (κ1) is 28.4. The largest absolute Gasteiger partial charge is 0.396 e. The molecule has 3 heterocycles. The lowest BCUT2D eigenvalue weighted by Gasteiger charge is -2.44. The standard InChI is InChI=1S/C30H41N3O4S/c1-7-15-31(21-13-10-9-11-14-21)26(35)23-22-19-20(3)30(38-22)24(23)27(36)32(17-12-18-34)25(30)28(37)33(16-8-2)29(4,5)6/h7-11,13-14,20,22-25,34H,1-2,12,15-19H2,3-6H3/t20?,22-,23+,24-,25?,30?/m0/s1. The van der Waals surface area contributed by atoms with Crippen molar-refractivity contribution in [3.05, 3.63) is 55.6 Å². The maximum atomic E-state index is 14.4. The molecule has 8 heteroatoms. The molecule has 1 aromatic carbocycles. The van der Waals surface area contributed by atoms with Gasteiger partial charge < -0.3 is 19.8 Å². The molecule has 3 fully saturated rings. The molecule has 3 unspecified atom stereocenters. The van der Waals surface area contributed by atoms with Crippen LogP contribution in [0.3, 0.4) is 0 Å². The van der Waals surface area contributed by atoms with Gasteiger partial charge in [-0.15, -0.1) is 24.9 Å². The van der Waals surface area contributed by atoms with E-state index < -0.39 is 28.2 Å². The Bertz CT molecular complexity index is 1090. The minimum atomic E-state index is -0.699. The van der Waals surface area contributed by atoms with Crippen molar-refractivity contribution >= 4 is 35.2 Å². The number of hydrogen-bond acceptors (Lipinski definition) is 5. The summed E-state index contributed by atoms with van der Waals surface area (Å²) < 4.78 is -0.699. The topological polar surface area (TPSA) is 81.2 Å². The average Bonchev–Trinajstić information content (AvgIpc) is 3.47. The highest BCUT2D eigenvalue weighted by atomic mass is 32.2. The van der Waals surface area contributed by atoms with E-state index in [9.17, 15) is 19.5 Å². The molecule has 38 heavy (non-hydrogen) atoms. The molecule has 2 bridgehead atoms. The Hall–Kier alpha value is -2.58. The number of amides is 3. The van der Waals surface area contributed by atoms with Gasteiger partial charge in [-0.1, -0.05) is 37.3 Å². The number of fused-ring (bicyclic) bond motifs is 1. The van der Waals surface area contributed by atoms with E-state index in [1.54, 1.807) is 38.6 Å². The molecule has 6 atom stereocenters. The fourth-order valence-electron chi connectivity index (χ4n) is 6.77. The van der Waals surface area contributed by atoms with Gasteiger partial charge in [-0.25, -0.2) is 0 Å². The molecule has 1 aromatic rings. The Morgan fingerprint density at radius 1 is 1.16 bits per heavy atom. The highest BCUT2D eigenvalue weighted by Gasteiger charge is 2.76. The van der Waals surface area contributed by atoms with Gasteiger partial charge in [0.2, 0.25) is 17.7 Å². The number of aliphatic hydroxyl groups is 1. The second kappa shape index (κ2) is 10.9. The molecular formula is C30H41N3O4S. The van der Waals surface area contributed by atoms with E-state index >= 15 is 0 Å². The predicted octanol–water partition coefficient (Wildman–Crippen LogP) is 3.74. The third-order valence-corrected chi connectivity index (χ3v) is 10.4. The van der Waals surface area contributed by atoms with E-state index in [1.165, 1.54) is 0 Å². The maximum absolute atomic E-state index is 14.4. The van der Waals surface area contributed by atoms with Gasteiger partial charge in [-0.3, -0.25) is 14.4 Å². The highest BCUT2D eigenvalue weighted by Crippen LogP contribution is 2.69. The molecule has 7 nitrogen and oxygen atoms in total. The molecular weight excluding hydrogens is 498 g/mol. The highest BCUT2D eigenvalue weighted by molar-refractivity contribution is 8.02. The van der Waals surface area contributed by atoms with E-state index in [1.807, 2.05) is 51.1 Å². The zero-order chi connectivity index (χ0) is 27.8. The van der Waals surface area contributed by atoms with E-state index in [2.05, 4.69) is 20.1 Å². The molecule has 0 saturated carbocycles. The van der Waals surface area contributed by atoms with Crippen molar-refractivity contribution in [2.45, 2.75) is 62.1 Å². The van der Waals surface area contributed by atoms with Gasteiger partial charge in [-0.05, 0) is 51.7 Å². The fourth-order valence-corrected chi connectivity index (χ4v) is 9.18. The van der Waals surface area contributed by atoms with E-state index in [4.69, 9.17) is 0 Å². The van der Waals surface area contributed by atoms with Crippen molar-refractivity contribution in [2.75, 3.05) is 31.1 Å². The van der Waals surface area contributed by atoms with Crippen LogP contribution in [0.4, 0.5) is 5.69 Å². The number of hydrogen-bond donors (Lipinski definition) is 1. The number of carbonyl (C=O) groups is 3. The summed E-state index contributed by atoms with van der Waals surface area (Å²) in [5, 5.41) is 9.58. The third kappa shape index (κ3) is 4.49. The van der Waals surface area contributed by atoms with Crippen LogP contribution in [0.15, 0.2) is 55.6 Å². The van der Waals surface area contributed by atoms with E-state index in [0.717, 1.165) is 12.1 Å². The normalized spacial score (nSPS) is 29.8. The van der Waals surface area contributed by atoms with Gasteiger partial charge >= 0.3 is 0 Å². The van der Waals surface area contributed by atoms with Gasteiger partial charge in [0, 0.05) is 42.7 Å². The molecule has 1 N–H and O–H groups in total. The molecule has 3 aliphatic heterocycles. The summed E-state index contributed by atoms with van der Waals surface area (Å²) in [5.41, 5.74) is 0.298. The molecule has 0 radical (unpaired) electrons. The first-order valence-corrected chi connectivity index (χ1v) is 14.4. The molecule has 3 aliphatic rings. The molecule has 206 valence electrons. The maximum Gasteiger partial charge on any atom is 0.247 e. The zero-order valence-electron chi connectivity index (χ0n) is 23.0. The van der Waals surface area contributed by atoms with Crippen LogP contribution in [0.5, 0.6) is 0 Å². The number of likely N-dealkylation sites (tertiary alicyclic amines) is 1. The Morgan fingerprint density at radius 2 is 1.82 bits per heavy atom. The second-order valence-corrected chi connectivity index (χ2v) is 13.2. The second-order valence-electron chi connectivity index (χ2n) is 11.6. The monoisotopic (exact) mass is 539 g/mol. The predicted molar refractivity (Wildman–Crippen MR) is 153 cm³/mol. The van der Waals surface area contributed by atoms with Gasteiger partial charge in [0.25, 0.3) is 0 Å². The lowest BCUT2D eigenvalue weighted by Crippen LogP contribution is -2.60. The number of benzene rings is 1. The number of nitrogens with zero attached hydrogens (tertiary/aromatic N) is 3. The van der Waals surface area contributed by atoms with Gasteiger partial charge in [0.15, 0.2) is 0 Å². The van der Waals surface area contributed by atoms with Crippen molar-refractivity contribution in [3.63, 3.8) is 0 Å². The molecule has 0 aromatic heterocycles. The molecule has 3 amide bonds. The van der Waals surface area contributed by atoms with E-state index in [-0.39, 0.29) is 42.0 Å². The van der Waals surface area contributed by atoms with Crippen LogP contribution in [0.25, 0.3) is 0 Å². The quantitative estimate of drug-likeness (QED) is 0.458. The van der Waals surface area contributed by atoms with Crippen LogP contribution in [0.2, 0.25) is 0 Å². The Balaban J connectivity index is 1.80. The minimum absolute atomic E-state index is 0.0414. The van der Waals surface area contributed by atoms with Gasteiger partial charge in [0.05, 0.1) is 16.6 Å². The van der Waals surface area contributed by atoms with Crippen LogP contribution in [-0.4, -0.2) is 80.4 Å². The summed E-state index contributed by atoms with van der Waals surface area (Å²) in [6.45, 7) is 16.7. The summed E-state index contributed by atoms with van der Waals surface area (Å²) in [4.78, 5) is 48.1. The van der Waals surface area contributed by atoms with Crippen LogP contribution in [0.1, 0.15) is 40.5 Å². The van der Waals surface area contributed by atoms with Crippen molar-refractivity contribution in [3.8, 4) is 0 Å². The smallest absolute Gasteiger partial charge is 0.247 e. The van der Waals surface area contributed by atoms with Crippen LogP contribution >= 0.6 is 11.8 Å². The van der Waals surface area contributed by atoms with Crippen LogP contribution < -0.4 is 4.90 Å². The van der Waals surface area contributed by atoms with Gasteiger partial charge in [0.1, 0.15) is 6.04 Å². The lowest BCUT2D eigenvalue weighted by molar-refractivity contribution is -0.145. The average molecular weight is 540 g/mol. The first-order valence-electron chi connectivity index (χ1n) is 13.5. The first-order chi connectivity index (χ1) is 18.0. The summed E-state index contributed by atoms with van der Waals surface area (Å²) in [7, 11) is 0. The van der Waals surface area contributed by atoms with Crippen molar-refractivity contribution < 1.29 is 19.5 Å². The Labute approximate surface area is 230 Å². The molecule has 1 spiro atoms. The van der Waals surface area contributed by atoms with Crippen molar-refractivity contribution in [2.24, 2.45) is 17.8 Å². The summed E-state index contributed by atoms with van der Waals surface area (Å²) in [6.07, 6.45) is 4.57. The molecule has 4 rings (SSSR count). The fraction of sp³-hybridized carbons (Fsp3) is 0.567. The molecule has 3 saturated heterocycles. The minimum Gasteiger partial charge on any atom is -0.396 e. The van der Waals surface area contributed by atoms with Crippen LogP contribution in [-0.2, 0) is 14.4 Å². The Kier molecular flexibility index (Phi) is 8.15. The summed E-state index contributed by atoms with van der Waals surface area (Å²) in [6, 6.07) is 8.79. The number of aliphatic hydroxyl groups excluding tert-OH is 1. The number of anilines is 1. The third-order valence-electron chi connectivity index (χ3n) is 8.35. The van der Waals surface area contributed by atoms with Crippen LogP contribution in [0, 0.1) is 17.8 Å². The number of para-hydroxylation sites is 1. The van der Waals surface area contributed by atoms with Crippen molar-refractivity contribution in [1.82, 2.24) is 9.80 Å². The Morgan fingerprint density at radius 3 is 2.39 bits per heavy atom.